The molecule has 0 aliphatic rings. The Morgan fingerprint density at radius 2 is 2.11 bits per heavy atom. The maximum Gasteiger partial charge on any atom is 0.337 e. The van der Waals surface area contributed by atoms with E-state index in [4.69, 9.17) is 16.7 Å². The number of carboxylic acids is 1. The molecule has 0 aliphatic heterocycles. The van der Waals surface area contributed by atoms with Gasteiger partial charge in [-0.05, 0) is 24.1 Å². The molecule has 0 heterocycles. The Morgan fingerprint density at radius 3 is 2.61 bits per heavy atom. The first-order chi connectivity index (χ1) is 8.43. The summed E-state index contributed by atoms with van der Waals surface area (Å²) in [4.78, 5) is 22.4. The number of carbonyl (C=O) groups is 2. The zero-order valence-electron chi connectivity index (χ0n) is 10.4. The van der Waals surface area contributed by atoms with E-state index in [0.29, 0.717) is 18.0 Å². The topological polar surface area (TPSA) is 66.4 Å². The predicted molar refractivity (Wildman–Crippen MR) is 71.1 cm³/mol. The molecule has 1 amide bonds. The molecule has 0 aliphatic carbocycles. The van der Waals surface area contributed by atoms with Gasteiger partial charge in [0.1, 0.15) is 0 Å². The highest BCUT2D eigenvalue weighted by Crippen LogP contribution is 2.21. The summed E-state index contributed by atoms with van der Waals surface area (Å²) >= 11 is 5.81. The van der Waals surface area contributed by atoms with Crippen LogP contribution in [0, 0.1) is 5.92 Å². The summed E-state index contributed by atoms with van der Waals surface area (Å²) in [6.45, 7) is 4.02. The third-order valence-corrected chi connectivity index (χ3v) is 3.03. The molecule has 98 valence electrons. The highest BCUT2D eigenvalue weighted by molar-refractivity contribution is 6.33. The molecular weight excluding hydrogens is 254 g/mol. The van der Waals surface area contributed by atoms with E-state index in [0.717, 1.165) is 6.42 Å². The second-order valence-corrected chi connectivity index (χ2v) is 4.67. The van der Waals surface area contributed by atoms with Gasteiger partial charge in [0.25, 0.3) is 0 Å². The van der Waals surface area contributed by atoms with E-state index < -0.39 is 5.97 Å². The van der Waals surface area contributed by atoms with Crippen LogP contribution >= 0.6 is 11.6 Å². The molecule has 4 nitrogen and oxygen atoms in total. The van der Waals surface area contributed by atoms with E-state index in [-0.39, 0.29) is 16.5 Å². The van der Waals surface area contributed by atoms with Gasteiger partial charge in [0, 0.05) is 12.1 Å². The summed E-state index contributed by atoms with van der Waals surface area (Å²) in [5, 5.41) is 11.6. The van der Waals surface area contributed by atoms with Crippen LogP contribution in [0.25, 0.3) is 0 Å². The van der Waals surface area contributed by atoms with Crippen molar-refractivity contribution < 1.29 is 14.7 Å². The molecule has 2 N–H and O–H groups in total. The molecule has 0 bridgehead atoms. The van der Waals surface area contributed by atoms with Crippen LogP contribution in [0.15, 0.2) is 18.2 Å². The number of carboxylic acid groups (broad SMARTS) is 1. The van der Waals surface area contributed by atoms with E-state index in [1.54, 1.807) is 0 Å². The smallest absolute Gasteiger partial charge is 0.337 e. The van der Waals surface area contributed by atoms with Crippen LogP contribution in [-0.4, -0.2) is 17.0 Å². The number of anilines is 1. The van der Waals surface area contributed by atoms with Crippen LogP contribution in [0.2, 0.25) is 5.02 Å². The first-order valence-corrected chi connectivity index (χ1v) is 6.14. The van der Waals surface area contributed by atoms with Crippen molar-refractivity contribution in [1.82, 2.24) is 0 Å². The van der Waals surface area contributed by atoms with Crippen molar-refractivity contribution in [2.75, 3.05) is 5.32 Å². The number of hydrogen-bond donors (Lipinski definition) is 2. The van der Waals surface area contributed by atoms with Crippen LogP contribution in [0.1, 0.15) is 37.0 Å². The summed E-state index contributed by atoms with van der Waals surface area (Å²) < 4.78 is 0. The summed E-state index contributed by atoms with van der Waals surface area (Å²) in [5.41, 5.74) is 0.537. The highest BCUT2D eigenvalue weighted by atomic mass is 35.5. The summed E-state index contributed by atoms with van der Waals surface area (Å²) in [6, 6.07) is 4.35. The molecule has 1 rings (SSSR count). The lowest BCUT2D eigenvalue weighted by Gasteiger charge is -2.10. The minimum absolute atomic E-state index is 0.0246. The Balaban J connectivity index is 2.72. The highest BCUT2D eigenvalue weighted by Gasteiger charge is 2.11. The number of carbonyl (C=O) groups excluding carboxylic acids is 1. The van der Waals surface area contributed by atoms with Crippen LogP contribution in [0.5, 0.6) is 0 Å². The minimum atomic E-state index is -1.09. The lowest BCUT2D eigenvalue weighted by atomic mass is 10.0. The lowest BCUT2D eigenvalue weighted by molar-refractivity contribution is -0.117. The van der Waals surface area contributed by atoms with Crippen LogP contribution < -0.4 is 5.32 Å². The van der Waals surface area contributed by atoms with E-state index >= 15 is 0 Å². The molecule has 0 saturated heterocycles. The SMILES string of the molecule is CCC(C)CC(=O)Nc1ccc(C(=O)O)c(Cl)c1. The van der Waals surface area contributed by atoms with Gasteiger partial charge in [0.2, 0.25) is 5.91 Å². The third-order valence-electron chi connectivity index (χ3n) is 2.71. The van der Waals surface area contributed by atoms with Gasteiger partial charge >= 0.3 is 5.97 Å². The quantitative estimate of drug-likeness (QED) is 0.861. The fourth-order valence-electron chi connectivity index (χ4n) is 1.44. The molecule has 1 aromatic carbocycles. The number of rotatable bonds is 5. The van der Waals surface area contributed by atoms with Crippen molar-refractivity contribution in [3.05, 3.63) is 28.8 Å². The number of nitrogens with one attached hydrogen (secondary N) is 1. The molecule has 1 unspecified atom stereocenters. The Morgan fingerprint density at radius 1 is 1.44 bits per heavy atom. The third kappa shape index (κ3) is 4.04. The molecule has 0 aromatic heterocycles. The van der Waals surface area contributed by atoms with E-state index in [2.05, 4.69) is 5.32 Å². The standard InChI is InChI=1S/C13H16ClNO3/c1-3-8(2)6-12(16)15-9-4-5-10(13(17)18)11(14)7-9/h4-5,7-8H,3,6H2,1-2H3,(H,15,16)(H,17,18). The molecule has 18 heavy (non-hydrogen) atoms. The normalized spacial score (nSPS) is 11.9. The molecule has 1 atom stereocenters. The molecule has 0 radical (unpaired) electrons. The molecular formula is C13H16ClNO3. The van der Waals surface area contributed by atoms with E-state index in [9.17, 15) is 9.59 Å². The van der Waals surface area contributed by atoms with Gasteiger partial charge in [-0.15, -0.1) is 0 Å². The van der Waals surface area contributed by atoms with E-state index in [1.807, 2.05) is 13.8 Å². The fourth-order valence-corrected chi connectivity index (χ4v) is 1.70. The van der Waals surface area contributed by atoms with E-state index in [1.165, 1.54) is 18.2 Å². The summed E-state index contributed by atoms with van der Waals surface area (Å²) in [7, 11) is 0. The monoisotopic (exact) mass is 269 g/mol. The molecule has 0 spiro atoms. The Bertz CT molecular complexity index is 460. The average molecular weight is 270 g/mol. The average Bonchev–Trinajstić information content (AvgIpc) is 2.28. The van der Waals surface area contributed by atoms with Crippen LogP contribution in [-0.2, 0) is 4.79 Å². The molecule has 1 aromatic rings. The predicted octanol–water partition coefficient (Wildman–Crippen LogP) is 3.41. The first-order valence-electron chi connectivity index (χ1n) is 5.76. The van der Waals surface area contributed by atoms with Crippen molar-refractivity contribution in [3.63, 3.8) is 0 Å². The summed E-state index contributed by atoms with van der Waals surface area (Å²) in [6.07, 6.45) is 1.38. The van der Waals surface area contributed by atoms with Crippen LogP contribution in [0.4, 0.5) is 5.69 Å². The van der Waals surface area contributed by atoms with Gasteiger partial charge in [-0.3, -0.25) is 4.79 Å². The van der Waals surface area contributed by atoms with Crippen LogP contribution in [0.3, 0.4) is 0 Å². The Hall–Kier alpha value is -1.55. The molecule has 0 saturated carbocycles. The maximum atomic E-state index is 11.6. The molecule has 5 heteroatoms. The Labute approximate surface area is 111 Å². The number of aromatic carboxylic acids is 1. The fraction of sp³-hybridized carbons (Fsp3) is 0.385. The molecule has 0 fully saturated rings. The maximum absolute atomic E-state index is 11.6. The largest absolute Gasteiger partial charge is 0.478 e. The van der Waals surface area contributed by atoms with Gasteiger partial charge in [-0.2, -0.15) is 0 Å². The second kappa shape index (κ2) is 6.40. The van der Waals surface area contributed by atoms with Crippen molar-refractivity contribution in [1.29, 1.82) is 0 Å². The Kier molecular flexibility index (Phi) is 5.16. The van der Waals surface area contributed by atoms with Gasteiger partial charge in [-0.25, -0.2) is 4.79 Å². The van der Waals surface area contributed by atoms with Gasteiger partial charge in [0.05, 0.1) is 10.6 Å². The van der Waals surface area contributed by atoms with Gasteiger partial charge < -0.3 is 10.4 Å². The van der Waals surface area contributed by atoms with Crippen molar-refractivity contribution in [3.8, 4) is 0 Å². The first kappa shape index (κ1) is 14.5. The number of benzene rings is 1. The lowest BCUT2D eigenvalue weighted by Crippen LogP contribution is -2.15. The zero-order valence-corrected chi connectivity index (χ0v) is 11.1. The number of halogens is 1. The van der Waals surface area contributed by atoms with Gasteiger partial charge in [0.15, 0.2) is 0 Å². The van der Waals surface area contributed by atoms with Crippen molar-refractivity contribution in [2.24, 2.45) is 5.92 Å². The second-order valence-electron chi connectivity index (χ2n) is 4.27. The number of amides is 1. The summed E-state index contributed by atoms with van der Waals surface area (Å²) in [5.74, 6) is -0.861. The minimum Gasteiger partial charge on any atom is -0.478 e. The van der Waals surface area contributed by atoms with Crippen molar-refractivity contribution >= 4 is 29.2 Å². The number of hydrogen-bond acceptors (Lipinski definition) is 2. The zero-order chi connectivity index (χ0) is 13.7. The van der Waals surface area contributed by atoms with Gasteiger partial charge in [-0.1, -0.05) is 31.9 Å². The van der Waals surface area contributed by atoms with Crippen molar-refractivity contribution in [2.45, 2.75) is 26.7 Å².